The van der Waals surface area contributed by atoms with E-state index >= 15 is 0 Å². The van der Waals surface area contributed by atoms with E-state index in [1.54, 1.807) is 12.1 Å². The molecule has 3 rings (SSSR count). The van der Waals surface area contributed by atoms with Crippen LogP contribution in [0.4, 0.5) is 0 Å². The standard InChI is InChI=1S/C15H14N2O/c1-8-7-12-14(10(3)9(8)2)16-11-5-4-6-13(18)15(11)17-12/h4-7,18H,1-3H3. The highest BCUT2D eigenvalue weighted by atomic mass is 16.3. The number of phenolic OH excluding ortho intramolecular Hbond substituents is 1. The number of hydrogen-bond acceptors (Lipinski definition) is 3. The van der Waals surface area contributed by atoms with Crippen LogP contribution in [0.2, 0.25) is 0 Å². The van der Waals surface area contributed by atoms with Crippen LogP contribution in [-0.4, -0.2) is 15.1 Å². The highest BCUT2D eigenvalue weighted by Crippen LogP contribution is 2.27. The number of nitrogens with zero attached hydrogens (tertiary/aromatic N) is 2. The number of fused-ring (bicyclic) bond motifs is 2. The zero-order chi connectivity index (χ0) is 12.9. The third-order valence-corrected chi connectivity index (χ3v) is 3.56. The van der Waals surface area contributed by atoms with Crippen molar-refractivity contribution >= 4 is 22.1 Å². The molecule has 0 unspecified atom stereocenters. The number of hydrogen-bond donors (Lipinski definition) is 1. The van der Waals surface area contributed by atoms with Crippen LogP contribution in [0.25, 0.3) is 22.1 Å². The Morgan fingerprint density at radius 3 is 2.39 bits per heavy atom. The van der Waals surface area contributed by atoms with Gasteiger partial charge in [0, 0.05) is 0 Å². The molecule has 0 saturated heterocycles. The van der Waals surface area contributed by atoms with Crippen LogP contribution in [-0.2, 0) is 0 Å². The molecular formula is C15H14N2O. The third kappa shape index (κ3) is 1.44. The molecule has 1 N–H and O–H groups in total. The lowest BCUT2D eigenvalue weighted by Gasteiger charge is -2.09. The molecule has 1 aromatic heterocycles. The molecule has 0 radical (unpaired) electrons. The quantitative estimate of drug-likeness (QED) is 0.610. The van der Waals surface area contributed by atoms with E-state index in [0.717, 1.165) is 22.1 Å². The molecule has 0 aliphatic rings. The van der Waals surface area contributed by atoms with Gasteiger partial charge in [0.1, 0.15) is 11.3 Å². The van der Waals surface area contributed by atoms with E-state index < -0.39 is 0 Å². The summed E-state index contributed by atoms with van der Waals surface area (Å²) in [6.45, 7) is 6.23. The fourth-order valence-corrected chi connectivity index (χ4v) is 2.24. The normalized spacial score (nSPS) is 11.3. The Labute approximate surface area is 105 Å². The van der Waals surface area contributed by atoms with Crippen LogP contribution in [0.1, 0.15) is 16.7 Å². The summed E-state index contributed by atoms with van der Waals surface area (Å²) in [6.07, 6.45) is 0. The van der Waals surface area contributed by atoms with Gasteiger partial charge < -0.3 is 5.11 Å². The minimum absolute atomic E-state index is 0.179. The smallest absolute Gasteiger partial charge is 0.143 e. The van der Waals surface area contributed by atoms with Crippen molar-refractivity contribution in [1.29, 1.82) is 0 Å². The van der Waals surface area contributed by atoms with E-state index in [1.165, 1.54) is 11.1 Å². The van der Waals surface area contributed by atoms with Gasteiger partial charge in [0.05, 0.1) is 16.6 Å². The van der Waals surface area contributed by atoms with Crippen molar-refractivity contribution in [2.24, 2.45) is 0 Å². The van der Waals surface area contributed by atoms with Gasteiger partial charge in [0.25, 0.3) is 0 Å². The molecule has 3 aromatic rings. The maximum Gasteiger partial charge on any atom is 0.143 e. The Kier molecular flexibility index (Phi) is 2.23. The van der Waals surface area contributed by atoms with Gasteiger partial charge in [0.15, 0.2) is 0 Å². The number of aryl methyl sites for hydroxylation is 2. The third-order valence-electron chi connectivity index (χ3n) is 3.56. The topological polar surface area (TPSA) is 46.0 Å². The lowest BCUT2D eigenvalue weighted by molar-refractivity contribution is 0.480. The second-order valence-electron chi connectivity index (χ2n) is 4.68. The number of para-hydroxylation sites is 1. The second-order valence-corrected chi connectivity index (χ2v) is 4.68. The van der Waals surface area contributed by atoms with Gasteiger partial charge in [-0.2, -0.15) is 0 Å². The summed E-state index contributed by atoms with van der Waals surface area (Å²) < 4.78 is 0. The molecule has 3 nitrogen and oxygen atoms in total. The molecule has 18 heavy (non-hydrogen) atoms. The van der Waals surface area contributed by atoms with Gasteiger partial charge in [-0.05, 0) is 55.7 Å². The molecule has 0 amide bonds. The summed E-state index contributed by atoms with van der Waals surface area (Å²) in [5.74, 6) is 0.179. The van der Waals surface area contributed by atoms with Gasteiger partial charge in [-0.25, -0.2) is 9.97 Å². The van der Waals surface area contributed by atoms with Crippen LogP contribution in [0.15, 0.2) is 24.3 Å². The Hall–Kier alpha value is -2.16. The highest BCUT2D eigenvalue weighted by Gasteiger charge is 2.09. The van der Waals surface area contributed by atoms with E-state index in [0.29, 0.717) is 5.52 Å². The fraction of sp³-hybridized carbons (Fsp3) is 0.200. The molecule has 0 aliphatic carbocycles. The summed E-state index contributed by atoms with van der Waals surface area (Å²) in [7, 11) is 0. The minimum Gasteiger partial charge on any atom is -0.506 e. The Bertz CT molecular complexity index is 778. The zero-order valence-corrected chi connectivity index (χ0v) is 10.7. The molecule has 0 saturated carbocycles. The van der Waals surface area contributed by atoms with Crippen molar-refractivity contribution < 1.29 is 5.11 Å². The molecule has 0 atom stereocenters. The molecule has 3 heteroatoms. The monoisotopic (exact) mass is 238 g/mol. The molecule has 0 bridgehead atoms. The summed E-state index contributed by atoms with van der Waals surface area (Å²) in [5, 5.41) is 9.82. The second kappa shape index (κ2) is 3.67. The maximum atomic E-state index is 9.82. The van der Waals surface area contributed by atoms with Crippen molar-refractivity contribution in [3.05, 3.63) is 41.0 Å². The number of phenols is 1. The van der Waals surface area contributed by atoms with E-state index in [2.05, 4.69) is 30.7 Å². The molecular weight excluding hydrogens is 224 g/mol. The summed E-state index contributed by atoms with van der Waals surface area (Å²) in [5.41, 5.74) is 6.64. The van der Waals surface area contributed by atoms with Crippen LogP contribution in [0.3, 0.4) is 0 Å². The van der Waals surface area contributed by atoms with E-state index in [4.69, 9.17) is 0 Å². The van der Waals surface area contributed by atoms with E-state index in [9.17, 15) is 5.11 Å². The van der Waals surface area contributed by atoms with Gasteiger partial charge in [-0.15, -0.1) is 0 Å². The van der Waals surface area contributed by atoms with Crippen molar-refractivity contribution in [1.82, 2.24) is 9.97 Å². The Morgan fingerprint density at radius 1 is 0.889 bits per heavy atom. The molecule has 0 aliphatic heterocycles. The fourth-order valence-electron chi connectivity index (χ4n) is 2.24. The van der Waals surface area contributed by atoms with E-state index in [1.807, 2.05) is 12.1 Å². The number of aromatic hydroxyl groups is 1. The predicted octanol–water partition coefficient (Wildman–Crippen LogP) is 3.41. The van der Waals surface area contributed by atoms with Gasteiger partial charge in [0.2, 0.25) is 0 Å². The van der Waals surface area contributed by atoms with Crippen LogP contribution < -0.4 is 0 Å². The first-order valence-electron chi connectivity index (χ1n) is 5.94. The Morgan fingerprint density at radius 2 is 1.61 bits per heavy atom. The van der Waals surface area contributed by atoms with Crippen LogP contribution >= 0.6 is 0 Å². The van der Waals surface area contributed by atoms with E-state index in [-0.39, 0.29) is 5.75 Å². The van der Waals surface area contributed by atoms with Gasteiger partial charge in [-0.1, -0.05) is 6.07 Å². The van der Waals surface area contributed by atoms with Crippen molar-refractivity contribution in [2.45, 2.75) is 20.8 Å². The summed E-state index contributed by atoms with van der Waals surface area (Å²) >= 11 is 0. The van der Waals surface area contributed by atoms with Crippen LogP contribution in [0.5, 0.6) is 5.75 Å². The first-order chi connectivity index (χ1) is 8.58. The van der Waals surface area contributed by atoms with Crippen molar-refractivity contribution in [3.63, 3.8) is 0 Å². The first-order valence-corrected chi connectivity index (χ1v) is 5.94. The highest BCUT2D eigenvalue weighted by molar-refractivity contribution is 5.91. The zero-order valence-electron chi connectivity index (χ0n) is 10.7. The van der Waals surface area contributed by atoms with Crippen molar-refractivity contribution in [2.75, 3.05) is 0 Å². The lowest BCUT2D eigenvalue weighted by Crippen LogP contribution is -1.94. The molecule has 2 aromatic carbocycles. The molecule has 0 fully saturated rings. The van der Waals surface area contributed by atoms with Crippen molar-refractivity contribution in [3.8, 4) is 5.75 Å². The number of rotatable bonds is 0. The average Bonchev–Trinajstić information content (AvgIpc) is 2.36. The molecule has 90 valence electrons. The predicted molar refractivity (Wildman–Crippen MR) is 72.9 cm³/mol. The number of benzene rings is 2. The molecule has 1 heterocycles. The van der Waals surface area contributed by atoms with Gasteiger partial charge in [-0.3, -0.25) is 0 Å². The number of aromatic nitrogens is 2. The van der Waals surface area contributed by atoms with Gasteiger partial charge >= 0.3 is 0 Å². The summed E-state index contributed by atoms with van der Waals surface area (Å²) in [6, 6.07) is 7.32. The Balaban J connectivity index is 2.53. The average molecular weight is 238 g/mol. The largest absolute Gasteiger partial charge is 0.506 e. The first kappa shape index (κ1) is 11.0. The SMILES string of the molecule is Cc1cc2nc3c(O)cccc3nc2c(C)c1C. The minimum atomic E-state index is 0.179. The maximum absolute atomic E-state index is 9.82. The lowest BCUT2D eigenvalue weighted by atomic mass is 10.0. The van der Waals surface area contributed by atoms with Crippen LogP contribution in [0, 0.1) is 20.8 Å². The summed E-state index contributed by atoms with van der Waals surface area (Å²) in [4.78, 5) is 9.14. The molecule has 0 spiro atoms.